The van der Waals surface area contributed by atoms with Gasteiger partial charge in [-0.1, -0.05) is 0 Å². The Bertz CT molecular complexity index is 467. The molecule has 1 atom stereocenters. The van der Waals surface area contributed by atoms with Gasteiger partial charge in [-0.3, -0.25) is 0 Å². The van der Waals surface area contributed by atoms with E-state index >= 15 is 0 Å². The zero-order chi connectivity index (χ0) is 14.0. The number of anilines is 1. The van der Waals surface area contributed by atoms with Gasteiger partial charge in [0.15, 0.2) is 5.54 Å². The van der Waals surface area contributed by atoms with Gasteiger partial charge in [0.2, 0.25) is 0 Å². The van der Waals surface area contributed by atoms with E-state index in [2.05, 4.69) is 5.32 Å². The molecule has 1 unspecified atom stereocenters. The van der Waals surface area contributed by atoms with Gasteiger partial charge >= 0.3 is 5.97 Å². The Hall–Kier alpha value is -1.62. The second kappa shape index (κ2) is 5.17. The van der Waals surface area contributed by atoms with Gasteiger partial charge in [-0.25, -0.2) is 9.18 Å². The number of carboxylic acids is 1. The second-order valence-corrected chi connectivity index (χ2v) is 5.13. The predicted octanol–water partition coefficient (Wildman–Crippen LogP) is 2.43. The summed E-state index contributed by atoms with van der Waals surface area (Å²) in [5, 5.41) is 12.5. The molecule has 4 nitrogen and oxygen atoms in total. The highest BCUT2D eigenvalue weighted by atomic mass is 19.1. The molecule has 104 valence electrons. The van der Waals surface area contributed by atoms with E-state index in [0.29, 0.717) is 5.69 Å². The molecule has 0 amide bonds. The number of ether oxygens (including phenoxy) is 1. The van der Waals surface area contributed by atoms with Gasteiger partial charge in [0.05, 0.1) is 6.61 Å². The Morgan fingerprint density at radius 2 is 2.21 bits per heavy atom. The van der Waals surface area contributed by atoms with Crippen LogP contribution in [0.2, 0.25) is 0 Å². The van der Waals surface area contributed by atoms with Crippen LogP contribution in [0.4, 0.5) is 10.1 Å². The van der Waals surface area contributed by atoms with Crippen LogP contribution in [-0.4, -0.2) is 30.3 Å². The monoisotopic (exact) mass is 267 g/mol. The van der Waals surface area contributed by atoms with Crippen LogP contribution in [0.15, 0.2) is 18.2 Å². The zero-order valence-electron chi connectivity index (χ0n) is 11.1. The highest BCUT2D eigenvalue weighted by Gasteiger charge is 2.51. The molecule has 1 saturated carbocycles. The quantitative estimate of drug-likeness (QED) is 0.831. The molecule has 5 heteroatoms. The third-order valence-electron chi connectivity index (χ3n) is 3.44. The Morgan fingerprint density at radius 3 is 2.68 bits per heavy atom. The number of benzene rings is 1. The van der Waals surface area contributed by atoms with Crippen LogP contribution in [0, 0.1) is 18.7 Å². The Labute approximate surface area is 111 Å². The number of methoxy groups -OCH3 is 1. The highest BCUT2D eigenvalue weighted by Crippen LogP contribution is 2.42. The van der Waals surface area contributed by atoms with Crippen molar-refractivity contribution in [2.45, 2.75) is 25.3 Å². The van der Waals surface area contributed by atoms with E-state index in [1.165, 1.54) is 19.2 Å². The molecule has 0 aromatic heterocycles. The maximum atomic E-state index is 13.4. The van der Waals surface area contributed by atoms with Crippen molar-refractivity contribution in [3.8, 4) is 0 Å². The highest BCUT2D eigenvalue weighted by molar-refractivity contribution is 5.84. The molecule has 1 aliphatic carbocycles. The molecule has 2 rings (SSSR count). The van der Waals surface area contributed by atoms with Gasteiger partial charge in [-0.15, -0.1) is 0 Å². The molecule has 1 aromatic carbocycles. The number of carbonyl (C=O) groups is 1. The molecule has 2 N–H and O–H groups in total. The van der Waals surface area contributed by atoms with Gasteiger partial charge < -0.3 is 15.2 Å². The lowest BCUT2D eigenvalue weighted by Gasteiger charge is -2.31. The van der Waals surface area contributed by atoms with E-state index in [-0.39, 0.29) is 18.3 Å². The third kappa shape index (κ3) is 2.87. The van der Waals surface area contributed by atoms with Crippen LogP contribution < -0.4 is 5.32 Å². The maximum Gasteiger partial charge on any atom is 0.332 e. The first kappa shape index (κ1) is 13.8. The second-order valence-electron chi connectivity index (χ2n) is 5.13. The summed E-state index contributed by atoms with van der Waals surface area (Å²) in [5.41, 5.74) is 0.0495. The van der Waals surface area contributed by atoms with Crippen LogP contribution in [0.25, 0.3) is 0 Å². The van der Waals surface area contributed by atoms with E-state index < -0.39 is 11.5 Å². The topological polar surface area (TPSA) is 58.6 Å². The molecule has 0 spiro atoms. The summed E-state index contributed by atoms with van der Waals surface area (Å²) in [4.78, 5) is 11.6. The van der Waals surface area contributed by atoms with E-state index in [1.54, 1.807) is 13.0 Å². The van der Waals surface area contributed by atoms with Gasteiger partial charge in [-0.05, 0) is 49.4 Å². The first-order valence-electron chi connectivity index (χ1n) is 6.25. The molecule has 0 saturated heterocycles. The summed E-state index contributed by atoms with van der Waals surface area (Å²) >= 11 is 0. The fraction of sp³-hybridized carbons (Fsp3) is 0.500. The Morgan fingerprint density at radius 1 is 1.53 bits per heavy atom. The van der Waals surface area contributed by atoms with Gasteiger partial charge in [-0.2, -0.15) is 0 Å². The molecular weight excluding hydrogens is 249 g/mol. The lowest BCUT2D eigenvalue weighted by molar-refractivity contribution is -0.145. The molecule has 19 heavy (non-hydrogen) atoms. The summed E-state index contributed by atoms with van der Waals surface area (Å²) in [6, 6.07) is 4.45. The average molecular weight is 267 g/mol. The van der Waals surface area contributed by atoms with Crippen molar-refractivity contribution in [3.05, 3.63) is 29.6 Å². The molecule has 1 aromatic rings. The lowest BCUT2D eigenvalue weighted by atomic mass is 9.93. The van der Waals surface area contributed by atoms with Gasteiger partial charge in [0, 0.05) is 12.8 Å². The smallest absolute Gasteiger partial charge is 0.332 e. The van der Waals surface area contributed by atoms with Crippen molar-refractivity contribution in [2.24, 2.45) is 5.92 Å². The average Bonchev–Trinajstić information content (AvgIpc) is 3.10. The number of carboxylic acid groups (broad SMARTS) is 1. The van der Waals surface area contributed by atoms with Crippen molar-refractivity contribution in [1.29, 1.82) is 0 Å². The first-order valence-corrected chi connectivity index (χ1v) is 6.25. The summed E-state index contributed by atoms with van der Waals surface area (Å²) in [7, 11) is 1.47. The Balaban J connectivity index is 2.31. The third-order valence-corrected chi connectivity index (χ3v) is 3.44. The SMILES string of the molecule is COCC(Nc1cc(C)cc(F)c1)(C(=O)O)C1CC1. The van der Waals surface area contributed by atoms with E-state index in [0.717, 1.165) is 18.4 Å². The minimum atomic E-state index is -1.17. The van der Waals surface area contributed by atoms with Gasteiger partial charge in [0.25, 0.3) is 0 Å². The molecule has 1 aliphatic rings. The van der Waals surface area contributed by atoms with E-state index in [9.17, 15) is 14.3 Å². The fourth-order valence-corrected chi connectivity index (χ4v) is 2.42. The number of hydrogen-bond donors (Lipinski definition) is 2. The minimum absolute atomic E-state index is 0.0218. The molecule has 1 fully saturated rings. The molecule has 0 bridgehead atoms. The fourth-order valence-electron chi connectivity index (χ4n) is 2.42. The number of aryl methyl sites for hydroxylation is 1. The van der Waals surface area contributed by atoms with Crippen molar-refractivity contribution in [1.82, 2.24) is 0 Å². The number of hydrogen-bond acceptors (Lipinski definition) is 3. The summed E-state index contributed by atoms with van der Waals surface area (Å²) in [5.74, 6) is -1.32. The first-order chi connectivity index (χ1) is 8.98. The number of halogens is 1. The van der Waals surface area contributed by atoms with Crippen molar-refractivity contribution in [3.63, 3.8) is 0 Å². The normalized spacial score (nSPS) is 17.8. The number of rotatable bonds is 6. The largest absolute Gasteiger partial charge is 0.479 e. The lowest BCUT2D eigenvalue weighted by Crippen LogP contribution is -2.52. The predicted molar refractivity (Wildman–Crippen MR) is 69.7 cm³/mol. The standard InChI is InChI=1S/C14H18FNO3/c1-9-5-11(15)7-12(6-9)16-14(8-19-2,13(17)18)10-3-4-10/h5-7,10,16H,3-4,8H2,1-2H3,(H,17,18). The van der Waals surface area contributed by atoms with Crippen LogP contribution in [0.3, 0.4) is 0 Å². The summed E-state index contributed by atoms with van der Waals surface area (Å²) < 4.78 is 18.5. The van der Waals surface area contributed by atoms with Crippen LogP contribution in [0.5, 0.6) is 0 Å². The van der Waals surface area contributed by atoms with Crippen molar-refractivity contribution < 1.29 is 19.0 Å². The molecule has 0 heterocycles. The molecular formula is C14H18FNO3. The van der Waals surface area contributed by atoms with Gasteiger partial charge in [0.1, 0.15) is 5.82 Å². The summed E-state index contributed by atoms with van der Waals surface area (Å²) in [6.45, 7) is 1.83. The van der Waals surface area contributed by atoms with Crippen LogP contribution in [0.1, 0.15) is 18.4 Å². The number of nitrogens with one attached hydrogen (secondary N) is 1. The van der Waals surface area contributed by atoms with Crippen LogP contribution >= 0.6 is 0 Å². The van der Waals surface area contributed by atoms with Crippen molar-refractivity contribution in [2.75, 3.05) is 19.0 Å². The zero-order valence-corrected chi connectivity index (χ0v) is 11.1. The van der Waals surface area contributed by atoms with Crippen LogP contribution in [-0.2, 0) is 9.53 Å². The Kier molecular flexibility index (Phi) is 3.75. The maximum absolute atomic E-state index is 13.4. The molecule has 0 aliphatic heterocycles. The van der Waals surface area contributed by atoms with E-state index in [4.69, 9.17) is 4.74 Å². The van der Waals surface area contributed by atoms with E-state index in [1.807, 2.05) is 0 Å². The number of aliphatic carboxylic acids is 1. The van der Waals surface area contributed by atoms with Crippen molar-refractivity contribution >= 4 is 11.7 Å². The summed E-state index contributed by atoms with van der Waals surface area (Å²) in [6.07, 6.45) is 1.69. The minimum Gasteiger partial charge on any atom is -0.479 e. The molecule has 0 radical (unpaired) electrons.